The second-order valence-electron chi connectivity index (χ2n) is 10.3. The Labute approximate surface area is 255 Å². The van der Waals surface area contributed by atoms with E-state index in [1.807, 2.05) is 48.5 Å². The minimum Gasteiger partial charge on any atom is -0.461 e. The van der Waals surface area contributed by atoms with Crippen molar-refractivity contribution in [3.8, 4) is 11.5 Å². The van der Waals surface area contributed by atoms with E-state index in [9.17, 15) is 14.4 Å². The van der Waals surface area contributed by atoms with E-state index in [1.54, 1.807) is 31.2 Å². The van der Waals surface area contributed by atoms with E-state index >= 15 is 0 Å². The number of benzene rings is 2. The van der Waals surface area contributed by atoms with Crippen LogP contribution in [0.5, 0.6) is 11.5 Å². The van der Waals surface area contributed by atoms with Gasteiger partial charge in [-0.1, -0.05) is 61.4 Å². The minimum absolute atomic E-state index is 0.0531. The van der Waals surface area contributed by atoms with Gasteiger partial charge in [0, 0.05) is 12.3 Å². The number of ether oxygens (including phenoxy) is 3. The number of carbonyl (C=O) groups excluding carboxylic acids is 3. The molecule has 1 fully saturated rings. The highest BCUT2D eigenvalue weighted by molar-refractivity contribution is 5.97. The molecule has 11 nitrogen and oxygen atoms in total. The van der Waals surface area contributed by atoms with Crippen molar-refractivity contribution in [2.24, 2.45) is 0 Å². The van der Waals surface area contributed by atoms with E-state index in [0.29, 0.717) is 18.1 Å². The van der Waals surface area contributed by atoms with Crippen LogP contribution in [0.1, 0.15) is 59.1 Å². The fraction of sp³-hybridized carbons (Fsp3) is 0.303. The maximum Gasteiger partial charge on any atom is 0.358 e. The molecular formula is C33H35N5O6. The Bertz CT molecular complexity index is 1560. The van der Waals surface area contributed by atoms with E-state index in [0.717, 1.165) is 31.2 Å². The van der Waals surface area contributed by atoms with E-state index in [4.69, 9.17) is 14.2 Å². The van der Waals surface area contributed by atoms with Crippen LogP contribution in [0.2, 0.25) is 0 Å². The number of rotatable bonds is 12. The van der Waals surface area contributed by atoms with Gasteiger partial charge in [0.15, 0.2) is 17.3 Å². The second kappa shape index (κ2) is 14.9. The Hall–Kier alpha value is -5.03. The summed E-state index contributed by atoms with van der Waals surface area (Å²) in [4.78, 5) is 43.5. The zero-order chi connectivity index (χ0) is 30.7. The molecule has 2 N–H and O–H groups in total. The van der Waals surface area contributed by atoms with Gasteiger partial charge in [-0.2, -0.15) is 5.10 Å². The van der Waals surface area contributed by atoms with Crippen molar-refractivity contribution in [1.82, 2.24) is 20.1 Å². The highest BCUT2D eigenvalue weighted by Gasteiger charge is 2.30. The van der Waals surface area contributed by atoms with Crippen LogP contribution in [0.3, 0.4) is 0 Å². The minimum atomic E-state index is -0.689. The van der Waals surface area contributed by atoms with Crippen LogP contribution in [-0.4, -0.2) is 51.3 Å². The van der Waals surface area contributed by atoms with Gasteiger partial charge in [0.05, 0.1) is 25.4 Å². The van der Waals surface area contributed by atoms with Gasteiger partial charge in [-0.15, -0.1) is 0 Å². The van der Waals surface area contributed by atoms with Gasteiger partial charge in [-0.3, -0.25) is 9.59 Å². The van der Waals surface area contributed by atoms with Gasteiger partial charge in [-0.25, -0.2) is 14.5 Å². The van der Waals surface area contributed by atoms with Crippen molar-refractivity contribution < 1.29 is 28.6 Å². The molecule has 11 heteroatoms. The van der Waals surface area contributed by atoms with Crippen molar-refractivity contribution in [3.63, 3.8) is 0 Å². The van der Waals surface area contributed by atoms with Crippen molar-refractivity contribution in [2.45, 2.75) is 57.9 Å². The van der Waals surface area contributed by atoms with Crippen LogP contribution in [0.4, 0.5) is 5.82 Å². The molecule has 1 aliphatic carbocycles. The van der Waals surface area contributed by atoms with Crippen molar-refractivity contribution >= 4 is 23.6 Å². The summed E-state index contributed by atoms with van der Waals surface area (Å²) in [7, 11) is 0. The Kier molecular flexibility index (Phi) is 10.3. The number of amides is 2. The highest BCUT2D eigenvalue weighted by Crippen LogP contribution is 2.27. The SMILES string of the molecule is CCOC(=O)c1cc(C(=O)N[C@H]2CCCC[C@@H]2OCc2ccccc2)n(CC(=O)Nc2ncccc2Oc2ccccc2)n1. The molecular weight excluding hydrogens is 562 g/mol. The summed E-state index contributed by atoms with van der Waals surface area (Å²) in [5.41, 5.74) is 1.03. The van der Waals surface area contributed by atoms with Gasteiger partial charge in [-0.05, 0) is 49.6 Å². The molecule has 0 unspecified atom stereocenters. The summed E-state index contributed by atoms with van der Waals surface area (Å²) >= 11 is 0. The van der Waals surface area contributed by atoms with Gasteiger partial charge < -0.3 is 24.8 Å². The first-order valence-electron chi connectivity index (χ1n) is 14.7. The molecule has 0 radical (unpaired) electrons. The first-order valence-corrected chi connectivity index (χ1v) is 14.7. The zero-order valence-corrected chi connectivity index (χ0v) is 24.5. The zero-order valence-electron chi connectivity index (χ0n) is 24.5. The third-order valence-electron chi connectivity index (χ3n) is 7.12. The number of para-hydroxylation sites is 1. The van der Waals surface area contributed by atoms with Gasteiger partial charge in [0.25, 0.3) is 5.91 Å². The lowest BCUT2D eigenvalue weighted by Gasteiger charge is -2.32. The number of esters is 1. The Morgan fingerprint density at radius 3 is 2.48 bits per heavy atom. The van der Waals surface area contributed by atoms with Crippen LogP contribution in [0.25, 0.3) is 0 Å². The van der Waals surface area contributed by atoms with Crippen molar-refractivity contribution in [1.29, 1.82) is 0 Å². The largest absolute Gasteiger partial charge is 0.461 e. The highest BCUT2D eigenvalue weighted by atomic mass is 16.5. The summed E-state index contributed by atoms with van der Waals surface area (Å²) in [6.07, 6.45) is 4.85. The van der Waals surface area contributed by atoms with Crippen molar-refractivity contribution in [2.75, 3.05) is 11.9 Å². The Balaban J connectivity index is 1.30. The molecule has 0 bridgehead atoms. The molecule has 44 heavy (non-hydrogen) atoms. The fourth-order valence-electron chi connectivity index (χ4n) is 5.00. The summed E-state index contributed by atoms with van der Waals surface area (Å²) in [6, 6.07) is 23.5. The summed E-state index contributed by atoms with van der Waals surface area (Å²) in [5.74, 6) is -0.550. The second-order valence-corrected chi connectivity index (χ2v) is 10.3. The Morgan fingerprint density at radius 2 is 1.70 bits per heavy atom. The average Bonchev–Trinajstić information content (AvgIpc) is 3.46. The number of carbonyl (C=O) groups is 3. The maximum atomic E-state index is 13.6. The number of nitrogens with one attached hydrogen (secondary N) is 2. The quantitative estimate of drug-likeness (QED) is 0.214. The third kappa shape index (κ3) is 8.07. The molecule has 228 valence electrons. The number of nitrogens with zero attached hydrogens (tertiary/aromatic N) is 3. The Morgan fingerprint density at radius 1 is 0.955 bits per heavy atom. The first kappa shape index (κ1) is 30.4. The number of hydrogen-bond acceptors (Lipinski definition) is 8. The molecule has 2 aromatic carbocycles. The summed E-state index contributed by atoms with van der Waals surface area (Å²) in [5, 5.41) is 10.0. The standard InChI is InChI=1S/C33H35N5O6/c1-2-42-33(41)26-20-27(32(40)35-25-16-9-10-17-28(25)43-22-23-12-5-3-6-13-23)38(37-26)21-30(39)36-31-29(18-11-19-34-31)44-24-14-7-4-8-15-24/h3-8,11-15,18-20,25,28H,2,9-10,16-17,21-22H2,1H3,(H,35,40)(H,34,36,39)/t25-,28-/m0/s1. The number of aromatic nitrogens is 3. The molecule has 4 aromatic rings. The topological polar surface area (TPSA) is 134 Å². The lowest BCUT2D eigenvalue weighted by molar-refractivity contribution is -0.117. The fourth-order valence-corrected chi connectivity index (χ4v) is 5.00. The van der Waals surface area contributed by atoms with E-state index < -0.39 is 17.8 Å². The average molecular weight is 598 g/mol. The summed E-state index contributed by atoms with van der Waals surface area (Å²) in [6.45, 7) is 1.89. The predicted octanol–water partition coefficient (Wildman–Crippen LogP) is 5.14. The maximum absolute atomic E-state index is 13.6. The summed E-state index contributed by atoms with van der Waals surface area (Å²) < 4.78 is 18.4. The molecule has 2 amide bonds. The van der Waals surface area contributed by atoms with Crippen LogP contribution in [-0.2, 0) is 27.4 Å². The number of pyridine rings is 1. The molecule has 2 atom stereocenters. The van der Waals surface area contributed by atoms with Gasteiger partial charge in [0.2, 0.25) is 5.91 Å². The lowest BCUT2D eigenvalue weighted by atomic mass is 9.92. The van der Waals surface area contributed by atoms with Crippen LogP contribution in [0.15, 0.2) is 85.1 Å². The smallest absolute Gasteiger partial charge is 0.358 e. The number of hydrogen-bond donors (Lipinski definition) is 2. The van der Waals surface area contributed by atoms with Gasteiger partial charge in [0.1, 0.15) is 18.0 Å². The van der Waals surface area contributed by atoms with E-state index in [1.165, 1.54) is 16.9 Å². The van der Waals surface area contributed by atoms with E-state index in [-0.39, 0.29) is 42.5 Å². The normalized spacial score (nSPS) is 16.1. The van der Waals surface area contributed by atoms with Crippen LogP contribution < -0.4 is 15.4 Å². The number of anilines is 1. The molecule has 5 rings (SSSR count). The molecule has 0 spiro atoms. The molecule has 1 aliphatic rings. The molecule has 0 aliphatic heterocycles. The van der Waals surface area contributed by atoms with E-state index in [2.05, 4.69) is 20.7 Å². The van der Waals surface area contributed by atoms with Crippen LogP contribution >= 0.6 is 0 Å². The first-order chi connectivity index (χ1) is 21.5. The predicted molar refractivity (Wildman–Crippen MR) is 162 cm³/mol. The van der Waals surface area contributed by atoms with Gasteiger partial charge >= 0.3 is 5.97 Å². The monoisotopic (exact) mass is 597 g/mol. The van der Waals surface area contributed by atoms with Crippen LogP contribution in [0, 0.1) is 0 Å². The van der Waals surface area contributed by atoms with Crippen molar-refractivity contribution in [3.05, 3.63) is 102 Å². The third-order valence-corrected chi connectivity index (χ3v) is 7.12. The molecule has 1 saturated carbocycles. The lowest BCUT2D eigenvalue weighted by Crippen LogP contribution is -2.46. The molecule has 0 saturated heterocycles. The molecule has 2 aromatic heterocycles. The molecule has 2 heterocycles.